The molecule has 0 unspecified atom stereocenters. The van der Waals surface area contributed by atoms with Crippen LogP contribution in [0.3, 0.4) is 0 Å². The summed E-state index contributed by atoms with van der Waals surface area (Å²) in [4.78, 5) is -0.685. The van der Waals surface area contributed by atoms with Crippen molar-refractivity contribution in [1.29, 1.82) is 0 Å². The molecule has 0 atom stereocenters. The molecule has 1 aromatic carbocycles. The van der Waals surface area contributed by atoms with Crippen LogP contribution in [0, 0.1) is 5.82 Å². The molecule has 8 heteroatoms. The van der Waals surface area contributed by atoms with E-state index in [2.05, 4.69) is 4.72 Å². The Morgan fingerprint density at radius 3 is 2.37 bits per heavy atom. The minimum atomic E-state index is -4.29. The molecule has 1 rings (SSSR count). The smallest absolute Gasteiger partial charge is 0.246 e. The van der Waals surface area contributed by atoms with Gasteiger partial charge in [-0.3, -0.25) is 0 Å². The number of anilines is 1. The molecular formula is C11H17FN2O4S. The van der Waals surface area contributed by atoms with Crippen molar-refractivity contribution in [1.82, 2.24) is 4.72 Å². The number of nitrogen functional groups attached to an aromatic ring is 1. The Hall–Kier alpha value is -1.22. The van der Waals surface area contributed by atoms with E-state index in [0.29, 0.717) is 0 Å². The normalized spacial score (nSPS) is 12.6. The van der Waals surface area contributed by atoms with E-state index >= 15 is 0 Å². The number of hydrogen-bond acceptors (Lipinski definition) is 5. The molecule has 0 amide bonds. The fourth-order valence-corrected chi connectivity index (χ4v) is 3.20. The molecule has 0 radical (unpaired) electrons. The molecule has 0 fully saturated rings. The van der Waals surface area contributed by atoms with Crippen molar-refractivity contribution < 1.29 is 23.0 Å². The van der Waals surface area contributed by atoms with Gasteiger partial charge in [0.2, 0.25) is 10.0 Å². The van der Waals surface area contributed by atoms with Gasteiger partial charge in [-0.1, -0.05) is 13.0 Å². The van der Waals surface area contributed by atoms with Gasteiger partial charge in [0, 0.05) is 0 Å². The molecule has 1 aromatic rings. The van der Waals surface area contributed by atoms with E-state index < -0.39 is 39.5 Å². The zero-order valence-electron chi connectivity index (χ0n) is 10.4. The molecule has 108 valence electrons. The largest absolute Gasteiger partial charge is 0.398 e. The standard InChI is InChI=1S/C11H17FN2O4S/c1-2-11(6-15,7-16)14-19(17,18)10-8(12)4-3-5-9(10)13/h3-5,14-16H,2,6-7,13H2,1H3. The Morgan fingerprint density at radius 2 is 1.95 bits per heavy atom. The van der Waals surface area contributed by atoms with Crippen LogP contribution in [0.2, 0.25) is 0 Å². The maximum Gasteiger partial charge on any atom is 0.246 e. The third-order valence-electron chi connectivity index (χ3n) is 2.90. The number of hydrogen-bond donors (Lipinski definition) is 4. The lowest BCUT2D eigenvalue weighted by atomic mass is 10.0. The number of sulfonamides is 1. The summed E-state index contributed by atoms with van der Waals surface area (Å²) in [6.45, 7) is 0.348. The number of nitrogens with one attached hydrogen (secondary N) is 1. The summed E-state index contributed by atoms with van der Waals surface area (Å²) in [5.74, 6) is -0.992. The number of aliphatic hydroxyl groups excluding tert-OH is 2. The zero-order chi connectivity index (χ0) is 14.7. The van der Waals surface area contributed by atoms with Crippen molar-refractivity contribution in [3.8, 4) is 0 Å². The second kappa shape index (κ2) is 5.83. The zero-order valence-corrected chi connectivity index (χ0v) is 11.2. The Labute approximate surface area is 111 Å². The highest BCUT2D eigenvalue weighted by Gasteiger charge is 2.34. The molecule has 0 bridgehead atoms. The summed E-state index contributed by atoms with van der Waals surface area (Å²) in [6.07, 6.45) is 0.133. The predicted molar refractivity (Wildman–Crippen MR) is 68.3 cm³/mol. The molecule has 0 saturated heterocycles. The first-order valence-corrected chi connectivity index (χ1v) is 7.10. The average Bonchev–Trinajstić information content (AvgIpc) is 2.35. The van der Waals surface area contributed by atoms with Crippen molar-refractivity contribution in [2.75, 3.05) is 18.9 Å². The quantitative estimate of drug-likeness (QED) is 0.543. The van der Waals surface area contributed by atoms with Crippen LogP contribution in [-0.2, 0) is 10.0 Å². The minimum Gasteiger partial charge on any atom is -0.398 e. The highest BCUT2D eigenvalue weighted by molar-refractivity contribution is 7.89. The van der Waals surface area contributed by atoms with Crippen molar-refractivity contribution in [2.45, 2.75) is 23.8 Å². The van der Waals surface area contributed by atoms with Gasteiger partial charge < -0.3 is 15.9 Å². The molecular weight excluding hydrogens is 275 g/mol. The molecule has 0 aliphatic rings. The van der Waals surface area contributed by atoms with Gasteiger partial charge in [-0.2, -0.15) is 0 Å². The summed E-state index contributed by atoms with van der Waals surface area (Å²) >= 11 is 0. The lowest BCUT2D eigenvalue weighted by Gasteiger charge is -2.29. The third-order valence-corrected chi connectivity index (χ3v) is 4.57. The first-order valence-electron chi connectivity index (χ1n) is 5.61. The van der Waals surface area contributed by atoms with E-state index in [9.17, 15) is 23.0 Å². The summed E-state index contributed by atoms with van der Waals surface area (Å²) in [5, 5.41) is 18.4. The number of benzene rings is 1. The molecule has 0 aromatic heterocycles. The van der Waals surface area contributed by atoms with Gasteiger partial charge in [-0.05, 0) is 18.6 Å². The topological polar surface area (TPSA) is 113 Å². The SMILES string of the molecule is CCC(CO)(CO)NS(=O)(=O)c1c(N)cccc1F. The van der Waals surface area contributed by atoms with Gasteiger partial charge in [0.05, 0.1) is 24.4 Å². The van der Waals surface area contributed by atoms with Crippen molar-refractivity contribution in [3.63, 3.8) is 0 Å². The van der Waals surface area contributed by atoms with Crippen molar-refractivity contribution in [3.05, 3.63) is 24.0 Å². The Bertz CT molecular complexity index is 515. The van der Waals surface area contributed by atoms with Gasteiger partial charge in [0.15, 0.2) is 0 Å². The Kier molecular flexibility index (Phi) is 4.86. The van der Waals surface area contributed by atoms with Crippen LogP contribution in [0.1, 0.15) is 13.3 Å². The maximum atomic E-state index is 13.6. The summed E-state index contributed by atoms with van der Waals surface area (Å²) in [6, 6.07) is 3.51. The first-order chi connectivity index (χ1) is 8.82. The van der Waals surface area contributed by atoms with Crippen molar-refractivity contribution in [2.24, 2.45) is 0 Å². The van der Waals surface area contributed by atoms with E-state index in [1.807, 2.05) is 0 Å². The molecule has 19 heavy (non-hydrogen) atoms. The molecule has 0 aliphatic carbocycles. The van der Waals surface area contributed by atoms with Gasteiger partial charge in [-0.25, -0.2) is 17.5 Å². The third kappa shape index (κ3) is 3.21. The van der Waals surface area contributed by atoms with Crippen molar-refractivity contribution >= 4 is 15.7 Å². The van der Waals surface area contributed by atoms with Crippen LogP contribution >= 0.6 is 0 Å². The highest BCUT2D eigenvalue weighted by Crippen LogP contribution is 2.23. The second-order valence-electron chi connectivity index (χ2n) is 4.21. The van der Waals surface area contributed by atoms with E-state index in [1.54, 1.807) is 6.92 Å². The van der Waals surface area contributed by atoms with Crippen LogP contribution in [0.25, 0.3) is 0 Å². The van der Waals surface area contributed by atoms with Gasteiger partial charge >= 0.3 is 0 Å². The van der Waals surface area contributed by atoms with Gasteiger partial charge in [0.25, 0.3) is 0 Å². The summed E-state index contributed by atoms with van der Waals surface area (Å²) < 4.78 is 39.9. The van der Waals surface area contributed by atoms with E-state index in [-0.39, 0.29) is 12.1 Å². The van der Waals surface area contributed by atoms with Crippen LogP contribution in [0.4, 0.5) is 10.1 Å². The first kappa shape index (κ1) is 15.8. The van der Waals surface area contributed by atoms with Crippen LogP contribution in [0.15, 0.2) is 23.1 Å². The number of rotatable bonds is 6. The summed E-state index contributed by atoms with van der Waals surface area (Å²) in [5.41, 5.74) is 3.77. The van der Waals surface area contributed by atoms with Gasteiger partial charge in [-0.15, -0.1) is 0 Å². The average molecular weight is 292 g/mol. The molecule has 0 aliphatic heterocycles. The fraction of sp³-hybridized carbons (Fsp3) is 0.455. The molecule has 5 N–H and O–H groups in total. The van der Waals surface area contributed by atoms with E-state index in [1.165, 1.54) is 12.1 Å². The highest BCUT2D eigenvalue weighted by atomic mass is 32.2. The van der Waals surface area contributed by atoms with E-state index in [4.69, 9.17) is 5.73 Å². The van der Waals surface area contributed by atoms with E-state index in [0.717, 1.165) is 6.07 Å². The maximum absolute atomic E-state index is 13.6. The lowest BCUT2D eigenvalue weighted by Crippen LogP contribution is -2.53. The minimum absolute atomic E-state index is 0.133. The Morgan fingerprint density at radius 1 is 1.37 bits per heavy atom. The number of aliphatic hydroxyl groups is 2. The van der Waals surface area contributed by atoms with Gasteiger partial charge in [0.1, 0.15) is 10.7 Å². The lowest BCUT2D eigenvalue weighted by molar-refractivity contribution is 0.105. The molecule has 0 heterocycles. The Balaban J connectivity index is 3.26. The second-order valence-corrected chi connectivity index (χ2v) is 5.83. The number of halogens is 1. The fourth-order valence-electron chi connectivity index (χ4n) is 1.56. The predicted octanol–water partition coefficient (Wildman–Crippen LogP) is -0.180. The molecule has 6 nitrogen and oxygen atoms in total. The monoisotopic (exact) mass is 292 g/mol. The molecule has 0 spiro atoms. The summed E-state index contributed by atoms with van der Waals surface area (Å²) in [7, 11) is -4.29. The molecule has 0 saturated carbocycles. The van der Waals surface area contributed by atoms with Crippen LogP contribution in [-0.4, -0.2) is 37.4 Å². The van der Waals surface area contributed by atoms with Crippen LogP contribution < -0.4 is 10.5 Å². The van der Waals surface area contributed by atoms with Crippen LogP contribution in [0.5, 0.6) is 0 Å². The number of nitrogens with two attached hydrogens (primary N) is 1.